The fourth-order valence-corrected chi connectivity index (χ4v) is 5.82. The first kappa shape index (κ1) is 18.9. The lowest BCUT2D eigenvalue weighted by Crippen LogP contribution is -2.50. The molecule has 1 aromatic heterocycles. The van der Waals surface area contributed by atoms with Gasteiger partial charge in [-0.1, -0.05) is 12.8 Å². The summed E-state index contributed by atoms with van der Waals surface area (Å²) in [5, 5.41) is 13.7. The Labute approximate surface area is 165 Å². The van der Waals surface area contributed by atoms with E-state index in [1.54, 1.807) is 23.5 Å². The third-order valence-corrected chi connectivity index (χ3v) is 7.65. The maximum Gasteiger partial charge on any atom is 0.238 e. The monoisotopic (exact) mass is 405 g/mol. The van der Waals surface area contributed by atoms with Gasteiger partial charge in [-0.3, -0.25) is 0 Å². The number of rotatable bonds is 5. The van der Waals surface area contributed by atoms with Crippen LogP contribution < -0.4 is 15.4 Å². The van der Waals surface area contributed by atoms with Gasteiger partial charge in [-0.15, -0.1) is 0 Å². The number of nitrogens with two attached hydrogens (primary N) is 1. The molecule has 1 aliphatic carbocycles. The van der Waals surface area contributed by atoms with Crippen LogP contribution in [0.4, 0.5) is 5.69 Å². The molecular weight excluding hydrogens is 378 g/mol. The highest BCUT2D eigenvalue weighted by Crippen LogP contribution is 2.40. The molecule has 1 saturated carbocycles. The van der Waals surface area contributed by atoms with Crippen molar-refractivity contribution in [2.75, 3.05) is 18.0 Å². The lowest BCUT2D eigenvalue weighted by Gasteiger charge is -2.40. The highest BCUT2D eigenvalue weighted by atomic mass is 32.2. The van der Waals surface area contributed by atoms with Crippen LogP contribution >= 0.6 is 11.3 Å². The Kier molecular flexibility index (Phi) is 5.29. The maximum absolute atomic E-state index is 11.4. The summed E-state index contributed by atoms with van der Waals surface area (Å²) in [6.45, 7) is 1.96. The van der Waals surface area contributed by atoms with E-state index in [0.717, 1.165) is 31.6 Å². The predicted molar refractivity (Wildman–Crippen MR) is 111 cm³/mol. The van der Waals surface area contributed by atoms with Crippen LogP contribution in [0.25, 0.3) is 0 Å². The Hall–Kier alpha value is -1.41. The second-order valence-corrected chi connectivity index (χ2v) is 10.1. The van der Waals surface area contributed by atoms with Gasteiger partial charge in [-0.2, -0.15) is 11.3 Å². The molecule has 0 amide bonds. The first-order chi connectivity index (χ1) is 13.0. The number of benzene rings is 1. The van der Waals surface area contributed by atoms with Crippen LogP contribution in [-0.4, -0.2) is 27.5 Å². The van der Waals surface area contributed by atoms with Gasteiger partial charge in [-0.05, 0) is 72.3 Å². The van der Waals surface area contributed by atoms with Gasteiger partial charge in [0.2, 0.25) is 10.0 Å². The average molecular weight is 406 g/mol. The molecule has 0 unspecified atom stereocenters. The van der Waals surface area contributed by atoms with E-state index in [1.165, 1.54) is 31.2 Å². The zero-order valence-corrected chi connectivity index (χ0v) is 17.1. The normalized spacial score (nSPS) is 20.9. The quantitative estimate of drug-likeness (QED) is 0.799. The van der Waals surface area contributed by atoms with Gasteiger partial charge in [0, 0.05) is 30.4 Å². The molecule has 27 heavy (non-hydrogen) atoms. The standard InChI is InChI=1S/C20H27N3O2S2/c21-27(24,25)19-5-3-18(4-6-19)23-12-7-17(8-13-23)22-20(10-1-2-11-20)16-9-14-26-15-16/h3-6,9,14-15,17,22H,1-2,7-8,10-13H2,(H2,21,24,25). The van der Waals surface area contributed by atoms with Crippen molar-refractivity contribution in [2.45, 2.75) is 55.0 Å². The number of hydrogen-bond acceptors (Lipinski definition) is 5. The largest absolute Gasteiger partial charge is 0.371 e. The van der Waals surface area contributed by atoms with E-state index in [4.69, 9.17) is 5.14 Å². The minimum atomic E-state index is -3.63. The predicted octanol–water partition coefficient (Wildman–Crippen LogP) is 3.42. The van der Waals surface area contributed by atoms with E-state index in [9.17, 15) is 8.42 Å². The molecule has 1 aromatic carbocycles. The zero-order valence-electron chi connectivity index (χ0n) is 15.4. The number of thiophene rings is 1. The summed E-state index contributed by atoms with van der Waals surface area (Å²) in [5.41, 5.74) is 2.70. The molecule has 2 aromatic rings. The van der Waals surface area contributed by atoms with Crippen LogP contribution in [0.15, 0.2) is 46.0 Å². The Morgan fingerprint density at radius 2 is 1.74 bits per heavy atom. The van der Waals surface area contributed by atoms with Gasteiger partial charge in [0.1, 0.15) is 0 Å². The van der Waals surface area contributed by atoms with E-state index in [1.807, 2.05) is 12.1 Å². The third kappa shape index (κ3) is 4.06. The Bertz CT molecular complexity index is 849. The summed E-state index contributed by atoms with van der Waals surface area (Å²) in [7, 11) is -3.63. The van der Waals surface area contributed by atoms with Gasteiger partial charge in [-0.25, -0.2) is 13.6 Å². The molecule has 0 radical (unpaired) electrons. The van der Waals surface area contributed by atoms with Crippen molar-refractivity contribution in [1.82, 2.24) is 5.32 Å². The Balaban J connectivity index is 1.39. The van der Waals surface area contributed by atoms with Crippen LogP contribution in [0.5, 0.6) is 0 Å². The van der Waals surface area contributed by atoms with E-state index < -0.39 is 10.0 Å². The smallest absolute Gasteiger partial charge is 0.238 e. The number of hydrogen-bond donors (Lipinski definition) is 2. The number of anilines is 1. The van der Waals surface area contributed by atoms with E-state index >= 15 is 0 Å². The average Bonchev–Trinajstić information content (AvgIpc) is 3.34. The highest BCUT2D eigenvalue weighted by molar-refractivity contribution is 7.89. The molecule has 146 valence electrons. The van der Waals surface area contributed by atoms with Gasteiger partial charge in [0.15, 0.2) is 0 Å². The topological polar surface area (TPSA) is 75.4 Å². The molecule has 5 nitrogen and oxygen atoms in total. The van der Waals surface area contributed by atoms with Crippen molar-refractivity contribution in [2.24, 2.45) is 5.14 Å². The van der Waals surface area contributed by atoms with Gasteiger partial charge < -0.3 is 10.2 Å². The van der Waals surface area contributed by atoms with Crippen LogP contribution in [-0.2, 0) is 15.6 Å². The fourth-order valence-electron chi connectivity index (χ4n) is 4.55. The van der Waals surface area contributed by atoms with E-state index in [-0.39, 0.29) is 10.4 Å². The van der Waals surface area contributed by atoms with E-state index in [0.29, 0.717) is 6.04 Å². The van der Waals surface area contributed by atoms with Crippen LogP contribution in [0.2, 0.25) is 0 Å². The summed E-state index contributed by atoms with van der Waals surface area (Å²) in [6, 6.07) is 9.72. The summed E-state index contributed by atoms with van der Waals surface area (Å²) in [6.07, 6.45) is 7.28. The minimum absolute atomic E-state index is 0.168. The van der Waals surface area contributed by atoms with Crippen molar-refractivity contribution in [3.63, 3.8) is 0 Å². The number of piperidine rings is 1. The molecule has 0 spiro atoms. The van der Waals surface area contributed by atoms with Gasteiger partial charge in [0.05, 0.1) is 4.90 Å². The van der Waals surface area contributed by atoms with Crippen LogP contribution in [0.1, 0.15) is 44.1 Å². The maximum atomic E-state index is 11.4. The van der Waals surface area contributed by atoms with Gasteiger partial charge in [0.25, 0.3) is 0 Å². The molecule has 4 rings (SSSR count). The molecule has 2 aliphatic rings. The molecule has 2 heterocycles. The van der Waals surface area contributed by atoms with Crippen molar-refractivity contribution >= 4 is 27.0 Å². The Morgan fingerprint density at radius 1 is 1.07 bits per heavy atom. The highest BCUT2D eigenvalue weighted by Gasteiger charge is 2.38. The van der Waals surface area contributed by atoms with Crippen LogP contribution in [0.3, 0.4) is 0 Å². The lowest BCUT2D eigenvalue weighted by atomic mass is 9.88. The molecular formula is C20H27N3O2S2. The third-order valence-electron chi connectivity index (χ3n) is 6.04. The van der Waals surface area contributed by atoms with Crippen LogP contribution in [0, 0.1) is 0 Å². The van der Waals surface area contributed by atoms with Crippen molar-refractivity contribution in [1.29, 1.82) is 0 Å². The second-order valence-electron chi connectivity index (χ2n) is 7.75. The molecule has 2 fully saturated rings. The first-order valence-electron chi connectivity index (χ1n) is 9.64. The molecule has 0 bridgehead atoms. The van der Waals surface area contributed by atoms with Crippen molar-refractivity contribution < 1.29 is 8.42 Å². The van der Waals surface area contributed by atoms with E-state index in [2.05, 4.69) is 27.0 Å². The summed E-state index contributed by atoms with van der Waals surface area (Å²) < 4.78 is 22.8. The second kappa shape index (κ2) is 7.54. The number of nitrogens with one attached hydrogen (secondary N) is 1. The number of sulfonamides is 1. The lowest BCUT2D eigenvalue weighted by molar-refractivity contribution is 0.267. The zero-order chi connectivity index (χ0) is 18.9. The van der Waals surface area contributed by atoms with Crippen molar-refractivity contribution in [3.8, 4) is 0 Å². The molecule has 0 atom stereocenters. The summed E-state index contributed by atoms with van der Waals surface area (Å²) in [4.78, 5) is 2.50. The van der Waals surface area contributed by atoms with Gasteiger partial charge >= 0.3 is 0 Å². The summed E-state index contributed by atoms with van der Waals surface area (Å²) in [5.74, 6) is 0. The minimum Gasteiger partial charge on any atom is -0.371 e. The molecule has 3 N–H and O–H groups in total. The Morgan fingerprint density at radius 3 is 2.30 bits per heavy atom. The summed E-state index contributed by atoms with van der Waals surface area (Å²) >= 11 is 1.79. The SMILES string of the molecule is NS(=O)(=O)c1ccc(N2CCC(NC3(c4ccsc4)CCCC3)CC2)cc1. The first-order valence-corrected chi connectivity index (χ1v) is 12.1. The molecule has 7 heteroatoms. The fraction of sp³-hybridized carbons (Fsp3) is 0.500. The molecule has 1 saturated heterocycles. The number of nitrogens with zero attached hydrogens (tertiary/aromatic N) is 1. The number of primary sulfonamides is 1. The molecule has 1 aliphatic heterocycles. The van der Waals surface area contributed by atoms with Crippen molar-refractivity contribution in [3.05, 3.63) is 46.7 Å².